The van der Waals surface area contributed by atoms with Crippen LogP contribution in [0.3, 0.4) is 0 Å². The van der Waals surface area contributed by atoms with Gasteiger partial charge >= 0.3 is 0 Å². The van der Waals surface area contributed by atoms with E-state index in [2.05, 4.69) is 33.8 Å². The summed E-state index contributed by atoms with van der Waals surface area (Å²) in [7, 11) is 0. The molecule has 0 aliphatic carbocycles. The molecular formula is C15H17N3S3. The van der Waals surface area contributed by atoms with Crippen LogP contribution in [0.2, 0.25) is 0 Å². The van der Waals surface area contributed by atoms with E-state index in [1.807, 2.05) is 13.0 Å². The Morgan fingerprint density at radius 1 is 1.52 bits per heavy atom. The van der Waals surface area contributed by atoms with E-state index in [0.717, 1.165) is 29.0 Å². The summed E-state index contributed by atoms with van der Waals surface area (Å²) in [6, 6.07) is 4.37. The first-order chi connectivity index (χ1) is 10.2. The quantitative estimate of drug-likeness (QED) is 0.694. The van der Waals surface area contributed by atoms with Gasteiger partial charge in [-0.3, -0.25) is 0 Å². The van der Waals surface area contributed by atoms with Gasteiger partial charge in [0.2, 0.25) is 0 Å². The fraction of sp³-hybridized carbons (Fsp3) is 0.267. The lowest BCUT2D eigenvalue weighted by molar-refractivity contribution is 0.746. The number of hydrogen-bond acceptors (Lipinski definition) is 6. The van der Waals surface area contributed by atoms with Crippen LogP contribution < -0.4 is 11.1 Å². The normalized spacial score (nSPS) is 12.7. The third-order valence-corrected chi connectivity index (χ3v) is 6.19. The van der Waals surface area contributed by atoms with Crippen LogP contribution in [0, 0.1) is 0 Å². The zero-order valence-corrected chi connectivity index (χ0v) is 14.2. The maximum Gasteiger partial charge on any atom is 0.127 e. The highest BCUT2D eigenvalue weighted by atomic mass is 32.1. The van der Waals surface area contributed by atoms with Crippen molar-refractivity contribution < 1.29 is 0 Å². The van der Waals surface area contributed by atoms with E-state index in [1.165, 1.54) is 26.0 Å². The molecule has 3 aromatic heterocycles. The Morgan fingerprint density at radius 3 is 3.05 bits per heavy atom. The summed E-state index contributed by atoms with van der Waals surface area (Å²) in [6.07, 6.45) is 2.77. The van der Waals surface area contributed by atoms with E-state index < -0.39 is 0 Å². The molecule has 21 heavy (non-hydrogen) atoms. The number of nitrogens with one attached hydrogen (secondary N) is 1. The molecule has 3 aromatic rings. The zero-order chi connectivity index (χ0) is 14.8. The predicted octanol–water partition coefficient (Wildman–Crippen LogP) is 4.56. The van der Waals surface area contributed by atoms with Crippen LogP contribution in [0.15, 0.2) is 24.1 Å². The van der Waals surface area contributed by atoms with Crippen molar-refractivity contribution in [2.24, 2.45) is 5.73 Å². The van der Waals surface area contributed by atoms with E-state index in [1.54, 1.807) is 22.7 Å². The summed E-state index contributed by atoms with van der Waals surface area (Å²) in [5.74, 6) is 0. The minimum Gasteiger partial charge on any atom is -0.370 e. The minimum absolute atomic E-state index is 0.151. The van der Waals surface area contributed by atoms with Gasteiger partial charge in [-0.25, -0.2) is 0 Å². The van der Waals surface area contributed by atoms with Gasteiger partial charge in [0, 0.05) is 21.4 Å². The van der Waals surface area contributed by atoms with Crippen molar-refractivity contribution in [2.75, 3.05) is 5.32 Å². The van der Waals surface area contributed by atoms with Crippen LogP contribution >= 0.6 is 34.2 Å². The molecule has 0 spiro atoms. The van der Waals surface area contributed by atoms with Gasteiger partial charge in [0.05, 0.1) is 11.2 Å². The lowest BCUT2D eigenvalue weighted by Crippen LogP contribution is -2.17. The molecule has 0 amide bonds. The number of fused-ring (bicyclic) bond motifs is 1. The Labute approximate surface area is 136 Å². The number of nitrogens with two attached hydrogens (primary N) is 1. The Kier molecular flexibility index (Phi) is 4.40. The minimum atomic E-state index is 0.151. The van der Waals surface area contributed by atoms with Crippen LogP contribution in [0.4, 0.5) is 5.00 Å². The number of anilines is 1. The maximum absolute atomic E-state index is 5.94. The van der Waals surface area contributed by atoms with Crippen molar-refractivity contribution in [1.82, 2.24) is 4.37 Å². The first-order valence-electron chi connectivity index (χ1n) is 6.74. The molecule has 1 unspecified atom stereocenters. The Balaban J connectivity index is 1.89. The second kappa shape index (κ2) is 6.27. The molecule has 0 aromatic carbocycles. The molecule has 6 heteroatoms. The Morgan fingerprint density at radius 2 is 2.38 bits per heavy atom. The van der Waals surface area contributed by atoms with Crippen LogP contribution in [-0.2, 0) is 13.0 Å². The first kappa shape index (κ1) is 14.7. The second-order valence-corrected chi connectivity index (χ2v) is 7.86. The highest BCUT2D eigenvalue weighted by Crippen LogP contribution is 2.39. The van der Waals surface area contributed by atoms with Crippen molar-refractivity contribution in [2.45, 2.75) is 25.9 Å². The highest BCUT2D eigenvalue weighted by molar-refractivity contribution is 7.24. The third kappa shape index (κ3) is 3.03. The largest absolute Gasteiger partial charge is 0.370 e. The molecule has 3 heterocycles. The Bertz CT molecular complexity index is 738. The summed E-state index contributed by atoms with van der Waals surface area (Å²) >= 11 is 5.07. The fourth-order valence-corrected chi connectivity index (χ4v) is 5.13. The maximum atomic E-state index is 5.94. The summed E-state index contributed by atoms with van der Waals surface area (Å²) < 4.78 is 5.82. The molecule has 0 aliphatic rings. The number of rotatable bonds is 6. The molecule has 3 N–H and O–H groups in total. The standard InChI is InChI=1S/C15H17N3S3/c1-3-11-12(7-9(2)16)20-14-13(11)18-21-15(14)17-8-10-5-4-6-19-10/h3-6,9,17H,1,7-8,16H2,2H3. The average Bonchev–Trinajstić information content (AvgIpc) is 3.12. The van der Waals surface area contributed by atoms with Gasteiger partial charge in [0.1, 0.15) is 10.5 Å². The molecule has 110 valence electrons. The Hall–Kier alpha value is -1.21. The molecule has 3 nitrogen and oxygen atoms in total. The average molecular weight is 336 g/mol. The van der Waals surface area contributed by atoms with Gasteiger partial charge in [-0.05, 0) is 36.3 Å². The summed E-state index contributed by atoms with van der Waals surface area (Å²) in [6.45, 7) is 6.81. The molecule has 0 bridgehead atoms. The van der Waals surface area contributed by atoms with Crippen molar-refractivity contribution in [3.63, 3.8) is 0 Å². The number of nitrogens with zero attached hydrogens (tertiary/aromatic N) is 1. The topological polar surface area (TPSA) is 50.9 Å². The van der Waals surface area contributed by atoms with Crippen LogP contribution in [0.5, 0.6) is 0 Å². The summed E-state index contributed by atoms with van der Waals surface area (Å²) in [5, 5.41) is 6.74. The smallest absolute Gasteiger partial charge is 0.127 e. The van der Waals surface area contributed by atoms with Gasteiger partial charge in [0.15, 0.2) is 0 Å². The molecule has 0 fully saturated rings. The van der Waals surface area contributed by atoms with Crippen molar-refractivity contribution >= 4 is 55.5 Å². The van der Waals surface area contributed by atoms with Gasteiger partial charge in [0.25, 0.3) is 0 Å². The van der Waals surface area contributed by atoms with E-state index in [4.69, 9.17) is 5.73 Å². The summed E-state index contributed by atoms with van der Waals surface area (Å²) in [4.78, 5) is 2.61. The molecule has 0 aliphatic heterocycles. The molecule has 3 rings (SSSR count). The number of aromatic nitrogens is 1. The first-order valence-corrected chi connectivity index (χ1v) is 9.21. The second-order valence-electron chi connectivity index (χ2n) is 4.95. The van der Waals surface area contributed by atoms with Gasteiger partial charge in [-0.15, -0.1) is 22.7 Å². The summed E-state index contributed by atoms with van der Waals surface area (Å²) in [5.41, 5.74) is 8.15. The lowest BCUT2D eigenvalue weighted by atomic mass is 10.1. The van der Waals surface area contributed by atoms with Crippen LogP contribution in [0.1, 0.15) is 22.2 Å². The van der Waals surface area contributed by atoms with E-state index in [-0.39, 0.29) is 6.04 Å². The monoisotopic (exact) mass is 335 g/mol. The molecule has 0 saturated carbocycles. The van der Waals surface area contributed by atoms with E-state index >= 15 is 0 Å². The van der Waals surface area contributed by atoms with Crippen LogP contribution in [0.25, 0.3) is 16.3 Å². The fourth-order valence-electron chi connectivity index (χ4n) is 2.21. The van der Waals surface area contributed by atoms with E-state index in [0.29, 0.717) is 0 Å². The van der Waals surface area contributed by atoms with Gasteiger partial charge in [-0.1, -0.05) is 18.7 Å². The number of hydrogen-bond donors (Lipinski definition) is 2. The molecule has 0 radical (unpaired) electrons. The molecular weight excluding hydrogens is 318 g/mol. The molecule has 0 saturated heterocycles. The number of thiophene rings is 2. The van der Waals surface area contributed by atoms with Crippen LogP contribution in [-0.4, -0.2) is 10.4 Å². The van der Waals surface area contributed by atoms with Crippen molar-refractivity contribution in [1.29, 1.82) is 0 Å². The van der Waals surface area contributed by atoms with Crippen molar-refractivity contribution in [3.8, 4) is 0 Å². The van der Waals surface area contributed by atoms with Gasteiger partial charge < -0.3 is 11.1 Å². The SMILES string of the molecule is C=Cc1c(CC(C)N)sc2c(NCc3cccs3)snc12. The molecule has 1 atom stereocenters. The lowest BCUT2D eigenvalue weighted by Gasteiger charge is -2.03. The highest BCUT2D eigenvalue weighted by Gasteiger charge is 2.17. The zero-order valence-electron chi connectivity index (χ0n) is 11.8. The van der Waals surface area contributed by atoms with Crippen molar-refractivity contribution in [3.05, 3.63) is 39.4 Å². The predicted molar refractivity (Wildman–Crippen MR) is 96.6 cm³/mol. The third-order valence-electron chi connectivity index (χ3n) is 3.15. The van der Waals surface area contributed by atoms with Gasteiger partial charge in [-0.2, -0.15) is 4.37 Å². The van der Waals surface area contributed by atoms with E-state index in [9.17, 15) is 0 Å².